The highest BCUT2D eigenvalue weighted by atomic mass is 15.2. The maximum atomic E-state index is 8.95. The van der Waals surface area contributed by atoms with Crippen LogP contribution >= 0.6 is 0 Å². The molecule has 0 aromatic carbocycles. The fourth-order valence-electron chi connectivity index (χ4n) is 2.41. The number of hydrogen-bond acceptors (Lipinski definition) is 4. The van der Waals surface area contributed by atoms with Gasteiger partial charge in [0.1, 0.15) is 5.82 Å². The molecule has 0 amide bonds. The molecular formula is C14H20N4. The number of hydrogen-bond donors (Lipinski definition) is 1. The third-order valence-corrected chi connectivity index (χ3v) is 3.30. The highest BCUT2D eigenvalue weighted by Crippen LogP contribution is 2.15. The summed E-state index contributed by atoms with van der Waals surface area (Å²) in [5, 5.41) is 12.5. The molecule has 1 aliphatic heterocycles. The van der Waals surface area contributed by atoms with Gasteiger partial charge in [-0.15, -0.1) is 0 Å². The second-order valence-electron chi connectivity index (χ2n) is 4.75. The van der Waals surface area contributed by atoms with Crippen molar-refractivity contribution in [3.05, 3.63) is 23.9 Å². The number of anilines is 1. The van der Waals surface area contributed by atoms with Crippen LogP contribution in [-0.4, -0.2) is 30.7 Å². The fourth-order valence-corrected chi connectivity index (χ4v) is 2.41. The molecule has 4 nitrogen and oxygen atoms in total. The fraction of sp³-hybridized carbons (Fsp3) is 0.571. The van der Waals surface area contributed by atoms with Gasteiger partial charge in [0, 0.05) is 25.3 Å². The Kier molecular flexibility index (Phi) is 4.54. The van der Waals surface area contributed by atoms with Gasteiger partial charge in [0.15, 0.2) is 0 Å². The normalized spacial score (nSPS) is 18.6. The van der Waals surface area contributed by atoms with Crippen LogP contribution in [0, 0.1) is 11.3 Å². The van der Waals surface area contributed by atoms with E-state index in [0.29, 0.717) is 11.6 Å². The summed E-state index contributed by atoms with van der Waals surface area (Å²) in [5.41, 5.74) is 0.681. The largest absolute Gasteiger partial charge is 0.355 e. The van der Waals surface area contributed by atoms with Crippen LogP contribution in [0.2, 0.25) is 0 Å². The molecule has 4 heteroatoms. The van der Waals surface area contributed by atoms with E-state index in [9.17, 15) is 0 Å². The van der Waals surface area contributed by atoms with E-state index in [0.717, 1.165) is 31.9 Å². The van der Waals surface area contributed by atoms with Crippen LogP contribution in [0.5, 0.6) is 0 Å². The third-order valence-electron chi connectivity index (χ3n) is 3.30. The lowest BCUT2D eigenvalue weighted by Gasteiger charge is -2.26. The van der Waals surface area contributed by atoms with Crippen LogP contribution in [0.3, 0.4) is 0 Å². The number of nitrogens with zero attached hydrogens (tertiary/aromatic N) is 3. The molecule has 2 heterocycles. The van der Waals surface area contributed by atoms with Crippen LogP contribution < -0.4 is 10.2 Å². The van der Waals surface area contributed by atoms with E-state index < -0.39 is 0 Å². The van der Waals surface area contributed by atoms with E-state index in [1.165, 1.54) is 12.8 Å². The smallest absolute Gasteiger partial charge is 0.129 e. The number of rotatable bonds is 5. The third kappa shape index (κ3) is 3.21. The molecule has 0 saturated carbocycles. The van der Waals surface area contributed by atoms with Gasteiger partial charge in [0.25, 0.3) is 0 Å². The summed E-state index contributed by atoms with van der Waals surface area (Å²) < 4.78 is 0. The lowest BCUT2D eigenvalue weighted by molar-refractivity contribution is 0.575. The lowest BCUT2D eigenvalue weighted by Crippen LogP contribution is -2.38. The Morgan fingerprint density at radius 3 is 3.17 bits per heavy atom. The molecule has 18 heavy (non-hydrogen) atoms. The summed E-state index contributed by atoms with van der Waals surface area (Å²) in [7, 11) is 0. The first-order chi connectivity index (χ1) is 8.83. The SMILES string of the molecule is CCCN(CC1CCCN1)c1cc(C#N)ccn1. The number of nitrogens with one attached hydrogen (secondary N) is 1. The molecule has 1 unspecified atom stereocenters. The quantitative estimate of drug-likeness (QED) is 0.859. The van der Waals surface area contributed by atoms with Crippen molar-refractivity contribution in [3.8, 4) is 6.07 Å². The molecule has 1 N–H and O–H groups in total. The zero-order chi connectivity index (χ0) is 12.8. The molecule has 1 atom stereocenters. The molecule has 0 radical (unpaired) electrons. The maximum Gasteiger partial charge on any atom is 0.129 e. The van der Waals surface area contributed by atoms with Crippen LogP contribution in [0.1, 0.15) is 31.7 Å². The molecule has 0 bridgehead atoms. The van der Waals surface area contributed by atoms with Gasteiger partial charge in [-0.05, 0) is 37.9 Å². The first kappa shape index (κ1) is 12.8. The van der Waals surface area contributed by atoms with Crippen molar-refractivity contribution in [3.63, 3.8) is 0 Å². The lowest BCUT2D eigenvalue weighted by atomic mass is 10.2. The topological polar surface area (TPSA) is 52.0 Å². The summed E-state index contributed by atoms with van der Waals surface area (Å²) in [4.78, 5) is 6.68. The molecule has 2 rings (SSSR count). The first-order valence-electron chi connectivity index (χ1n) is 6.68. The Labute approximate surface area is 109 Å². The van der Waals surface area contributed by atoms with Gasteiger partial charge < -0.3 is 10.2 Å². The minimum absolute atomic E-state index is 0.559. The predicted molar refractivity (Wildman–Crippen MR) is 72.5 cm³/mol. The van der Waals surface area contributed by atoms with E-state index in [4.69, 9.17) is 5.26 Å². The summed E-state index contributed by atoms with van der Waals surface area (Å²) in [6.45, 7) is 5.26. The Morgan fingerprint density at radius 2 is 2.50 bits per heavy atom. The standard InChI is InChI=1S/C14H20N4/c1-2-8-18(11-13-4-3-6-16-13)14-9-12(10-15)5-7-17-14/h5,7,9,13,16H,2-4,6,8,11H2,1H3. The van der Waals surface area contributed by atoms with Crippen molar-refractivity contribution in [2.24, 2.45) is 0 Å². The molecule has 0 aliphatic carbocycles. The van der Waals surface area contributed by atoms with Crippen molar-refractivity contribution in [2.75, 3.05) is 24.5 Å². The number of nitriles is 1. The van der Waals surface area contributed by atoms with Gasteiger partial charge in [-0.3, -0.25) is 0 Å². The van der Waals surface area contributed by atoms with Crippen LogP contribution in [0.4, 0.5) is 5.82 Å². The van der Waals surface area contributed by atoms with E-state index in [-0.39, 0.29) is 0 Å². The van der Waals surface area contributed by atoms with Gasteiger partial charge >= 0.3 is 0 Å². The maximum absolute atomic E-state index is 8.95. The van der Waals surface area contributed by atoms with Gasteiger partial charge in [-0.25, -0.2) is 4.98 Å². The Bertz CT molecular complexity index is 418. The molecule has 1 saturated heterocycles. The van der Waals surface area contributed by atoms with E-state index in [2.05, 4.69) is 28.2 Å². The molecule has 96 valence electrons. The van der Waals surface area contributed by atoms with Gasteiger partial charge in [-0.2, -0.15) is 5.26 Å². The average Bonchev–Trinajstić information content (AvgIpc) is 2.91. The minimum atomic E-state index is 0.559. The van der Waals surface area contributed by atoms with Crippen LogP contribution in [-0.2, 0) is 0 Å². The monoisotopic (exact) mass is 244 g/mol. The van der Waals surface area contributed by atoms with E-state index in [1.807, 2.05) is 6.07 Å². The van der Waals surface area contributed by atoms with Crippen molar-refractivity contribution in [1.29, 1.82) is 5.26 Å². The van der Waals surface area contributed by atoms with Crippen molar-refractivity contribution >= 4 is 5.82 Å². The summed E-state index contributed by atoms with van der Waals surface area (Å²) in [6, 6.07) is 6.37. The Hall–Kier alpha value is -1.60. The van der Waals surface area contributed by atoms with Gasteiger partial charge in [0.05, 0.1) is 11.6 Å². The molecule has 1 aliphatic rings. The highest BCUT2D eigenvalue weighted by Gasteiger charge is 2.18. The molecule has 1 aromatic heterocycles. The highest BCUT2D eigenvalue weighted by molar-refractivity contribution is 5.45. The van der Waals surface area contributed by atoms with Crippen molar-refractivity contribution in [1.82, 2.24) is 10.3 Å². The minimum Gasteiger partial charge on any atom is -0.355 e. The van der Waals surface area contributed by atoms with Crippen molar-refractivity contribution in [2.45, 2.75) is 32.2 Å². The molecule has 1 aromatic rings. The molecule has 1 fully saturated rings. The number of aromatic nitrogens is 1. The van der Waals surface area contributed by atoms with Gasteiger partial charge in [-0.1, -0.05) is 6.92 Å². The molecule has 0 spiro atoms. The zero-order valence-corrected chi connectivity index (χ0v) is 10.9. The average molecular weight is 244 g/mol. The predicted octanol–water partition coefficient (Wildman–Crippen LogP) is 1.92. The number of pyridine rings is 1. The van der Waals surface area contributed by atoms with E-state index in [1.54, 1.807) is 12.3 Å². The van der Waals surface area contributed by atoms with E-state index >= 15 is 0 Å². The zero-order valence-electron chi connectivity index (χ0n) is 10.9. The van der Waals surface area contributed by atoms with Crippen molar-refractivity contribution < 1.29 is 0 Å². The summed E-state index contributed by atoms with van der Waals surface area (Å²) in [6.07, 6.45) is 5.30. The Morgan fingerprint density at radius 1 is 1.61 bits per heavy atom. The Balaban J connectivity index is 2.09. The second-order valence-corrected chi connectivity index (χ2v) is 4.75. The van der Waals surface area contributed by atoms with Gasteiger partial charge in [0.2, 0.25) is 0 Å². The first-order valence-corrected chi connectivity index (χ1v) is 6.68. The summed E-state index contributed by atoms with van der Waals surface area (Å²) >= 11 is 0. The second kappa shape index (κ2) is 6.36. The summed E-state index contributed by atoms with van der Waals surface area (Å²) in [5.74, 6) is 0.921. The van der Waals surface area contributed by atoms with Crippen LogP contribution in [0.15, 0.2) is 18.3 Å². The molecular weight excluding hydrogens is 224 g/mol. The van der Waals surface area contributed by atoms with Crippen LogP contribution in [0.25, 0.3) is 0 Å².